The van der Waals surface area contributed by atoms with Crippen molar-refractivity contribution in [3.63, 3.8) is 0 Å². The maximum atomic E-state index is 11.6. The van der Waals surface area contributed by atoms with Gasteiger partial charge in [0.2, 0.25) is 6.20 Å². The first-order valence-electron chi connectivity index (χ1n) is 34.5. The van der Waals surface area contributed by atoms with Gasteiger partial charge in [-0.15, -0.1) is 12.4 Å². The number of benzene rings is 9. The third kappa shape index (κ3) is 37.9. The minimum atomic E-state index is -1.11. The predicted molar refractivity (Wildman–Crippen MR) is 493 cm³/mol. The highest BCUT2D eigenvalue weighted by Gasteiger charge is 2.23. The number of hydroxylamine groups is 1. The Morgan fingerprint density at radius 2 is 0.849 bits per heavy atom. The number of aromatic nitrogens is 2. The standard InChI is InChI=1S/C10H10N2O2.2C10H12N2.C9H4BrClN2O2.C9H7BrN2O4.C9H5BrN2O3.C8H6N2O2.2C7H6BrNO2.C2H4N2O3.ClH/c1-10(2,7-11)8-3-5-9(6-4-8)12(13)14;2*1-10(2,7-11)8-3-5-9(12)6-4-8;10-5-1-2-7-6(3-5)9(11)8(4-12-7)13(14)15;10-6-1-2-8(7(5-6)9(13)14)11-3-4-12(15)16;10-5-1-2-7-6(3-5)9(13)8(4-11-7)12(14)15;9-6-5-7-1-3-8(4-2-7)10(11)12;2*8-4-1-2-6(9)5(3-4)7(10)11;5-3-1-2-4(6)7;/h3-6H,1-2H3;2*3-6H,12H2,1-2H3;1-4H;1-5,11H,(H,13,14);1-4H,(H,11,13);1-4H,5H2;2*1-3H,9H2,(H,10,11);1-3,5H;1H/b;;;;4-3+;;;;;2-1+;. The van der Waals surface area contributed by atoms with E-state index in [1.54, 1.807) is 105 Å². The molecule has 11 rings (SSSR count). The monoisotopic (exact) mass is 2080 g/mol. The number of hydrogen-bond acceptors (Lipinski definition) is 28. The van der Waals surface area contributed by atoms with E-state index in [2.05, 4.69) is 113 Å². The highest BCUT2D eigenvalue weighted by Crippen LogP contribution is 2.33. The molecule has 2 aromatic heterocycles. The van der Waals surface area contributed by atoms with Crippen LogP contribution in [-0.4, -0.2) is 77.9 Å². The Morgan fingerprint density at radius 1 is 0.492 bits per heavy atom. The summed E-state index contributed by atoms with van der Waals surface area (Å²) in [5, 5.41) is 133. The lowest BCUT2D eigenvalue weighted by Crippen LogP contribution is -2.13. The Balaban J connectivity index is 0.000000703. The summed E-state index contributed by atoms with van der Waals surface area (Å²) in [6.07, 6.45) is 5.71. The van der Waals surface area contributed by atoms with E-state index in [1.165, 1.54) is 60.2 Å². The van der Waals surface area contributed by atoms with Crippen LogP contribution < -0.4 is 39.2 Å². The van der Waals surface area contributed by atoms with Crippen molar-refractivity contribution in [2.45, 2.75) is 64.2 Å². The number of pyridine rings is 2. The Labute approximate surface area is 769 Å². The Hall–Kier alpha value is -14.4. The van der Waals surface area contributed by atoms with E-state index in [4.69, 9.17) is 76.1 Å². The van der Waals surface area contributed by atoms with Crippen LogP contribution in [0.25, 0.3) is 21.8 Å². The van der Waals surface area contributed by atoms with Crippen molar-refractivity contribution in [2.75, 3.05) is 28.3 Å². The van der Waals surface area contributed by atoms with Crippen molar-refractivity contribution < 1.29 is 64.5 Å². The fourth-order valence-electron chi connectivity index (χ4n) is 8.91. The number of nitrogens with one attached hydrogen (secondary N) is 3. The van der Waals surface area contributed by atoms with Gasteiger partial charge in [0.15, 0.2) is 0 Å². The smallest absolute Gasteiger partial charge is 0.337 e. The second-order valence-electron chi connectivity index (χ2n) is 25.9. The van der Waals surface area contributed by atoms with Crippen LogP contribution >= 0.6 is 104 Å². The highest BCUT2D eigenvalue weighted by molar-refractivity contribution is 9.11. The molecule has 11 aromatic rings. The zero-order chi connectivity index (χ0) is 94.8. The normalized spacial score (nSPS) is 10.1. The summed E-state index contributed by atoms with van der Waals surface area (Å²) in [5.74, 6) is -3.13. The molecule has 656 valence electrons. The van der Waals surface area contributed by atoms with Gasteiger partial charge in [-0.2, -0.15) is 21.0 Å². The zero-order valence-electron chi connectivity index (χ0n) is 66.3. The first-order valence-corrected chi connectivity index (χ1v) is 38.9. The van der Waals surface area contributed by atoms with Gasteiger partial charge in [-0.25, -0.2) is 19.4 Å². The molecule has 45 heteroatoms. The van der Waals surface area contributed by atoms with Crippen LogP contribution in [0.2, 0.25) is 5.02 Å². The molecule has 0 aliphatic heterocycles. The maximum Gasteiger partial charge on any atom is 0.337 e. The molecule has 0 aliphatic carbocycles. The summed E-state index contributed by atoms with van der Waals surface area (Å²) in [7, 11) is 0. The number of carboxylic acid groups (broad SMARTS) is 3. The molecular formula is C81H73Br5Cl2N18O20. The number of nitrogens with zero attached hydrogens (tertiary/aromatic N) is 11. The molecule has 38 nitrogen and oxygen atoms in total. The number of aromatic carboxylic acids is 3. The first kappa shape index (κ1) is 110. The second-order valence-corrected chi connectivity index (χ2v) is 30.8. The summed E-state index contributed by atoms with van der Waals surface area (Å²) < 4.78 is 3.56. The summed E-state index contributed by atoms with van der Waals surface area (Å²) in [4.78, 5) is 108. The SMILES string of the molecule is CC(C)(C#N)c1ccc(N)cc1.CC(C)(C#N)c1ccc(N)cc1.CC(C)(C#N)c1ccc([N+](=O)[O-])cc1.Cl.N#CCc1ccc([N+](=O)[O-])cc1.Nc1ccc(Br)cc1C(=O)O.Nc1ccc(Br)cc1C(=O)O.O=C(O)c1cc(Br)ccc1N/C=C/[N+](=O)[O-].O=[N+]([O-])/C=C/NO.O=[N+]([O-])c1cnc2ccc(Br)cc2c1Cl.O=c1c([N+](=O)[O-])c[nH]c2ccc(Br)cc12. The van der Waals surface area contributed by atoms with E-state index in [9.17, 15) is 79.9 Å². The van der Waals surface area contributed by atoms with Gasteiger partial charge >= 0.3 is 29.3 Å². The number of H-pyrrole nitrogens is 1. The molecule has 0 radical (unpaired) electrons. The largest absolute Gasteiger partial charge is 0.478 e. The molecule has 0 saturated heterocycles. The molecular weight excluding hydrogens is 2020 g/mol. The van der Waals surface area contributed by atoms with Crippen LogP contribution in [0.15, 0.2) is 252 Å². The van der Waals surface area contributed by atoms with Crippen LogP contribution in [0.3, 0.4) is 0 Å². The molecule has 0 aliphatic rings. The first-order chi connectivity index (χ1) is 58.5. The van der Waals surface area contributed by atoms with Gasteiger partial charge in [0.05, 0.1) is 128 Å². The van der Waals surface area contributed by atoms with Crippen molar-refractivity contribution in [3.05, 3.63) is 362 Å². The van der Waals surface area contributed by atoms with Crippen molar-refractivity contribution in [2.24, 2.45) is 0 Å². The van der Waals surface area contributed by atoms with Gasteiger partial charge < -0.3 is 48.6 Å². The summed E-state index contributed by atoms with van der Waals surface area (Å²) in [6.45, 7) is 11.1. The van der Waals surface area contributed by atoms with E-state index in [1.807, 2.05) is 82.3 Å². The number of halogens is 7. The summed E-state index contributed by atoms with van der Waals surface area (Å²) in [6, 6.07) is 59.6. The average molecular weight is 2090 g/mol. The molecule has 15 N–H and O–H groups in total. The van der Waals surface area contributed by atoms with Crippen LogP contribution in [-0.2, 0) is 22.7 Å². The fraction of sp³-hybridized carbons (Fsp3) is 0.123. The average Bonchev–Trinajstić information content (AvgIpc) is 0.801. The number of nitro groups is 6. The fourth-order valence-corrected chi connectivity index (χ4v) is 11.0. The summed E-state index contributed by atoms with van der Waals surface area (Å²) in [5.41, 5.74) is 28.1. The number of hydrogen-bond donors (Lipinski definition) is 11. The lowest BCUT2D eigenvalue weighted by atomic mass is 9.86. The van der Waals surface area contributed by atoms with Crippen molar-refractivity contribution in [3.8, 4) is 24.3 Å². The maximum absolute atomic E-state index is 11.6. The number of anilines is 5. The molecule has 0 fully saturated rings. The molecule has 0 spiro atoms. The van der Waals surface area contributed by atoms with E-state index in [0.717, 1.165) is 56.7 Å². The van der Waals surface area contributed by atoms with Crippen LogP contribution in [0, 0.1) is 106 Å². The lowest BCUT2D eigenvalue weighted by molar-refractivity contribution is -0.403. The number of nitro benzene ring substituents is 2. The van der Waals surface area contributed by atoms with Crippen molar-refractivity contribution in [1.29, 1.82) is 21.0 Å². The van der Waals surface area contributed by atoms with Crippen LogP contribution in [0.1, 0.15) is 94.9 Å². The van der Waals surface area contributed by atoms with E-state index in [-0.39, 0.29) is 74.7 Å². The minimum Gasteiger partial charge on any atom is -0.478 e. The number of nitrogen functional groups attached to an aromatic ring is 4. The number of aromatic amines is 1. The number of fused-ring (bicyclic) bond motifs is 2. The van der Waals surface area contributed by atoms with Crippen molar-refractivity contribution in [1.82, 2.24) is 15.4 Å². The minimum absolute atomic E-state index is 0. The Morgan fingerprint density at radius 3 is 1.21 bits per heavy atom. The lowest BCUT2D eigenvalue weighted by Gasteiger charge is -2.15. The highest BCUT2D eigenvalue weighted by atomic mass is 79.9. The summed E-state index contributed by atoms with van der Waals surface area (Å²) >= 11 is 21.8. The van der Waals surface area contributed by atoms with Gasteiger partial charge in [0.1, 0.15) is 11.2 Å². The number of nitriles is 4. The quantitative estimate of drug-likeness (QED) is 0.0243. The number of nitrogens with two attached hydrogens (primary N) is 4. The van der Waals surface area contributed by atoms with Gasteiger partial charge in [0.25, 0.3) is 23.0 Å². The molecule has 126 heavy (non-hydrogen) atoms. The van der Waals surface area contributed by atoms with Crippen LogP contribution in [0.4, 0.5) is 51.2 Å². The number of carbonyl (C=O) groups is 3. The van der Waals surface area contributed by atoms with Gasteiger partial charge in [-0.3, -0.25) is 76.2 Å². The topological polar surface area (TPSA) is 660 Å². The Kier molecular flexibility index (Phi) is 46.5. The second kappa shape index (κ2) is 53.5. The van der Waals surface area contributed by atoms with Crippen LogP contribution in [0.5, 0.6) is 0 Å². The van der Waals surface area contributed by atoms with Crippen molar-refractivity contribution >= 4 is 195 Å². The molecule has 0 atom stereocenters. The number of rotatable bonds is 16. The molecule has 9 aromatic carbocycles. The third-order valence-electron chi connectivity index (χ3n) is 15.7. The Bertz CT molecular complexity index is 5880. The van der Waals surface area contributed by atoms with Gasteiger partial charge in [-0.05, 0) is 179 Å². The molecule has 0 bridgehead atoms. The molecule has 0 saturated carbocycles. The van der Waals surface area contributed by atoms with E-state index in [0.29, 0.717) is 52.1 Å². The van der Waals surface area contributed by atoms with Gasteiger partial charge in [0, 0.05) is 80.3 Å². The molecule has 0 amide bonds. The molecule has 0 unspecified atom stereocenters. The van der Waals surface area contributed by atoms with E-state index >= 15 is 0 Å². The zero-order valence-corrected chi connectivity index (χ0v) is 75.8. The van der Waals surface area contributed by atoms with Gasteiger partial charge in [-0.1, -0.05) is 140 Å². The number of carboxylic acids is 3. The molecule has 2 heterocycles. The number of non-ortho nitro benzene ring substituents is 2. The predicted octanol–water partition coefficient (Wildman–Crippen LogP) is 19.9. The van der Waals surface area contributed by atoms with E-state index < -0.39 is 74.8 Å². The third-order valence-corrected chi connectivity index (χ3v) is 18.6.